The van der Waals surface area contributed by atoms with Gasteiger partial charge in [0.15, 0.2) is 0 Å². The minimum atomic E-state index is -0.152. The summed E-state index contributed by atoms with van der Waals surface area (Å²) >= 11 is 3.34. The van der Waals surface area contributed by atoms with Crippen molar-refractivity contribution in [1.29, 1.82) is 0 Å². The standard InChI is InChI=1S/C16H12BrN3O/c17-11-6-7-13(14(18)10-11)16(21)15-8-9-19-20(15)12-4-2-1-3-5-12/h1-10H,18H2. The maximum absolute atomic E-state index is 12.7. The Morgan fingerprint density at radius 2 is 1.86 bits per heavy atom. The van der Waals surface area contributed by atoms with Gasteiger partial charge < -0.3 is 5.73 Å². The highest BCUT2D eigenvalue weighted by molar-refractivity contribution is 9.10. The van der Waals surface area contributed by atoms with Gasteiger partial charge in [-0.2, -0.15) is 5.10 Å². The fourth-order valence-corrected chi connectivity index (χ4v) is 2.51. The van der Waals surface area contributed by atoms with Crippen LogP contribution in [-0.4, -0.2) is 15.6 Å². The fraction of sp³-hybridized carbons (Fsp3) is 0. The number of nitrogens with two attached hydrogens (primary N) is 1. The zero-order valence-corrected chi connectivity index (χ0v) is 12.6. The van der Waals surface area contributed by atoms with E-state index < -0.39 is 0 Å². The predicted octanol–water partition coefficient (Wildman–Crippen LogP) is 3.45. The number of ketones is 1. The van der Waals surface area contributed by atoms with Gasteiger partial charge in [0.25, 0.3) is 0 Å². The second-order valence-corrected chi connectivity index (χ2v) is 5.44. The van der Waals surface area contributed by atoms with Crippen molar-refractivity contribution in [2.45, 2.75) is 0 Å². The first-order chi connectivity index (χ1) is 10.2. The zero-order valence-electron chi connectivity index (χ0n) is 11.0. The minimum Gasteiger partial charge on any atom is -0.398 e. The van der Waals surface area contributed by atoms with E-state index in [1.807, 2.05) is 30.3 Å². The van der Waals surface area contributed by atoms with Crippen LogP contribution in [0.1, 0.15) is 16.1 Å². The van der Waals surface area contributed by atoms with Crippen molar-refractivity contribution in [2.75, 3.05) is 5.73 Å². The number of anilines is 1. The van der Waals surface area contributed by atoms with Gasteiger partial charge in [0.1, 0.15) is 5.69 Å². The molecule has 0 bridgehead atoms. The lowest BCUT2D eigenvalue weighted by atomic mass is 10.1. The van der Waals surface area contributed by atoms with Crippen LogP contribution in [0.15, 0.2) is 65.3 Å². The van der Waals surface area contributed by atoms with Gasteiger partial charge in [-0.25, -0.2) is 4.68 Å². The first kappa shape index (κ1) is 13.6. The molecule has 0 aliphatic heterocycles. The second-order valence-electron chi connectivity index (χ2n) is 4.52. The third-order valence-corrected chi connectivity index (χ3v) is 3.63. The van der Waals surface area contributed by atoms with Gasteiger partial charge in [0.2, 0.25) is 5.78 Å². The number of nitrogen functional groups attached to an aromatic ring is 1. The van der Waals surface area contributed by atoms with E-state index in [1.165, 1.54) is 0 Å². The van der Waals surface area contributed by atoms with Gasteiger partial charge in [-0.3, -0.25) is 4.79 Å². The topological polar surface area (TPSA) is 60.9 Å². The summed E-state index contributed by atoms with van der Waals surface area (Å²) in [6.07, 6.45) is 1.61. The quantitative estimate of drug-likeness (QED) is 0.586. The number of hydrogen-bond donors (Lipinski definition) is 1. The fourth-order valence-electron chi connectivity index (χ4n) is 2.13. The molecule has 3 aromatic rings. The number of para-hydroxylation sites is 1. The van der Waals surface area contributed by atoms with Gasteiger partial charge >= 0.3 is 0 Å². The van der Waals surface area contributed by atoms with Crippen molar-refractivity contribution in [1.82, 2.24) is 9.78 Å². The lowest BCUT2D eigenvalue weighted by Gasteiger charge is -2.08. The number of carbonyl (C=O) groups is 1. The third kappa shape index (κ3) is 2.60. The van der Waals surface area contributed by atoms with E-state index >= 15 is 0 Å². The average Bonchev–Trinajstić information content (AvgIpc) is 2.97. The number of carbonyl (C=O) groups excluding carboxylic acids is 1. The summed E-state index contributed by atoms with van der Waals surface area (Å²) in [5.41, 5.74) is 8.16. The lowest BCUT2D eigenvalue weighted by Crippen LogP contribution is -2.11. The molecule has 21 heavy (non-hydrogen) atoms. The monoisotopic (exact) mass is 341 g/mol. The van der Waals surface area contributed by atoms with Crippen LogP contribution in [-0.2, 0) is 0 Å². The predicted molar refractivity (Wildman–Crippen MR) is 85.6 cm³/mol. The molecule has 0 unspecified atom stereocenters. The molecule has 0 atom stereocenters. The average molecular weight is 342 g/mol. The van der Waals surface area contributed by atoms with Crippen LogP contribution in [0.3, 0.4) is 0 Å². The molecular weight excluding hydrogens is 330 g/mol. The molecule has 0 saturated carbocycles. The molecule has 1 heterocycles. The Bertz CT molecular complexity index is 796. The second kappa shape index (κ2) is 5.54. The molecule has 5 heteroatoms. The highest BCUT2D eigenvalue weighted by Gasteiger charge is 2.17. The molecule has 0 amide bonds. The van der Waals surface area contributed by atoms with Crippen molar-refractivity contribution in [3.05, 3.63) is 76.5 Å². The molecular formula is C16H12BrN3O. The molecule has 0 spiro atoms. The van der Waals surface area contributed by atoms with Crippen LogP contribution in [0.4, 0.5) is 5.69 Å². The highest BCUT2D eigenvalue weighted by atomic mass is 79.9. The summed E-state index contributed by atoms with van der Waals surface area (Å²) in [6, 6.07) is 16.4. The summed E-state index contributed by atoms with van der Waals surface area (Å²) in [5.74, 6) is -0.152. The van der Waals surface area contributed by atoms with Crippen LogP contribution in [0.5, 0.6) is 0 Å². The Hall–Kier alpha value is -2.40. The van der Waals surface area contributed by atoms with Gasteiger partial charge in [0, 0.05) is 15.7 Å². The van der Waals surface area contributed by atoms with Crippen molar-refractivity contribution >= 4 is 27.4 Å². The summed E-state index contributed by atoms with van der Waals surface area (Å²) < 4.78 is 2.46. The number of hydrogen-bond acceptors (Lipinski definition) is 3. The van der Waals surface area contributed by atoms with Crippen molar-refractivity contribution < 1.29 is 4.79 Å². The minimum absolute atomic E-state index is 0.152. The summed E-state index contributed by atoms with van der Waals surface area (Å²) in [4.78, 5) is 12.7. The molecule has 2 N–H and O–H groups in total. The first-order valence-corrected chi connectivity index (χ1v) is 7.15. The SMILES string of the molecule is Nc1cc(Br)ccc1C(=O)c1ccnn1-c1ccccc1. The van der Waals surface area contributed by atoms with Crippen molar-refractivity contribution in [2.24, 2.45) is 0 Å². The van der Waals surface area contributed by atoms with Crippen molar-refractivity contribution in [3.8, 4) is 5.69 Å². The highest BCUT2D eigenvalue weighted by Crippen LogP contribution is 2.22. The van der Waals surface area contributed by atoms with Gasteiger partial charge in [-0.1, -0.05) is 34.1 Å². The molecule has 1 aromatic heterocycles. The largest absolute Gasteiger partial charge is 0.398 e. The van der Waals surface area contributed by atoms with E-state index in [4.69, 9.17) is 5.73 Å². The summed E-state index contributed by atoms with van der Waals surface area (Å²) in [6.45, 7) is 0. The van der Waals surface area contributed by atoms with Crippen molar-refractivity contribution in [3.63, 3.8) is 0 Å². The van der Waals surface area contributed by atoms with E-state index in [2.05, 4.69) is 21.0 Å². The van der Waals surface area contributed by atoms with E-state index in [0.717, 1.165) is 10.2 Å². The molecule has 104 valence electrons. The van der Waals surface area contributed by atoms with E-state index in [1.54, 1.807) is 35.1 Å². The smallest absolute Gasteiger partial charge is 0.213 e. The van der Waals surface area contributed by atoms with E-state index in [-0.39, 0.29) is 5.78 Å². The van der Waals surface area contributed by atoms with Gasteiger partial charge in [-0.05, 0) is 36.4 Å². The molecule has 0 aliphatic carbocycles. The molecule has 0 radical (unpaired) electrons. The molecule has 3 rings (SSSR count). The van der Waals surface area contributed by atoms with Crippen LogP contribution in [0.2, 0.25) is 0 Å². The van der Waals surface area contributed by atoms with E-state index in [9.17, 15) is 4.79 Å². The van der Waals surface area contributed by atoms with Gasteiger partial charge in [0.05, 0.1) is 11.9 Å². The number of benzene rings is 2. The number of rotatable bonds is 3. The van der Waals surface area contributed by atoms with Crippen LogP contribution in [0.25, 0.3) is 5.69 Å². The van der Waals surface area contributed by atoms with Crippen LogP contribution < -0.4 is 5.73 Å². The molecule has 0 aliphatic rings. The summed E-state index contributed by atoms with van der Waals surface area (Å²) in [7, 11) is 0. The maximum Gasteiger partial charge on any atom is 0.213 e. The normalized spacial score (nSPS) is 10.5. The molecule has 2 aromatic carbocycles. The number of aromatic nitrogens is 2. The van der Waals surface area contributed by atoms with E-state index in [0.29, 0.717) is 16.9 Å². The third-order valence-electron chi connectivity index (χ3n) is 3.13. The lowest BCUT2D eigenvalue weighted by molar-refractivity contribution is 0.103. The summed E-state index contributed by atoms with van der Waals surface area (Å²) in [5, 5.41) is 4.23. The maximum atomic E-state index is 12.7. The molecule has 0 fully saturated rings. The number of halogens is 1. The zero-order chi connectivity index (χ0) is 14.8. The van der Waals surface area contributed by atoms with Crippen LogP contribution in [0, 0.1) is 0 Å². The van der Waals surface area contributed by atoms with Gasteiger partial charge in [-0.15, -0.1) is 0 Å². The first-order valence-electron chi connectivity index (χ1n) is 6.36. The van der Waals surface area contributed by atoms with Crippen LogP contribution >= 0.6 is 15.9 Å². The molecule has 4 nitrogen and oxygen atoms in total. The Kier molecular flexibility index (Phi) is 3.58. The number of nitrogens with zero attached hydrogens (tertiary/aromatic N) is 2. The Labute approximate surface area is 130 Å². The Morgan fingerprint density at radius 3 is 2.57 bits per heavy atom. The Morgan fingerprint density at radius 1 is 1.10 bits per heavy atom. The Balaban J connectivity index is 2.06. The molecule has 0 saturated heterocycles.